The number of benzene rings is 1. The summed E-state index contributed by atoms with van der Waals surface area (Å²) in [5.41, 5.74) is 1.58. The largest absolute Gasteiger partial charge is 0.338 e. The first-order valence-electron chi connectivity index (χ1n) is 5.16. The van der Waals surface area contributed by atoms with E-state index in [-0.39, 0.29) is 5.69 Å². The van der Waals surface area contributed by atoms with Crippen LogP contribution in [0.15, 0.2) is 18.2 Å². The summed E-state index contributed by atoms with van der Waals surface area (Å²) in [5, 5.41) is 2.19. The summed E-state index contributed by atoms with van der Waals surface area (Å²) in [6.45, 7) is 0. The van der Waals surface area contributed by atoms with Gasteiger partial charge in [0, 0.05) is 23.9 Å². The van der Waals surface area contributed by atoms with Crippen molar-refractivity contribution >= 4 is 17.3 Å². The zero-order valence-electron chi connectivity index (χ0n) is 9.65. The number of aromatic nitrogens is 1. The summed E-state index contributed by atoms with van der Waals surface area (Å²) >= 11 is 0. The Hall–Kier alpha value is -2.42. The van der Waals surface area contributed by atoms with Gasteiger partial charge in [0.05, 0.1) is 0 Å². The number of halogens is 5. The third kappa shape index (κ3) is 2.62. The Labute approximate surface area is 109 Å². The number of hydrogen-bond acceptors (Lipinski definition) is 4. The fourth-order valence-electron chi connectivity index (χ4n) is 1.42. The molecule has 0 fully saturated rings. The van der Waals surface area contributed by atoms with Gasteiger partial charge in [-0.2, -0.15) is 0 Å². The predicted molar refractivity (Wildman–Crippen MR) is 61.6 cm³/mol. The van der Waals surface area contributed by atoms with Gasteiger partial charge in [0.1, 0.15) is 0 Å². The van der Waals surface area contributed by atoms with Gasteiger partial charge in [-0.3, -0.25) is 0 Å². The summed E-state index contributed by atoms with van der Waals surface area (Å²) in [5.74, 6) is -2.81. The molecule has 0 saturated heterocycles. The maximum atomic E-state index is 13.4. The summed E-state index contributed by atoms with van der Waals surface area (Å²) in [6.07, 6.45) is 0. The molecule has 0 unspecified atom stereocenters. The van der Waals surface area contributed by atoms with Crippen molar-refractivity contribution in [2.45, 2.75) is 0 Å². The number of nitrogens with two attached hydrogens (primary N) is 1. The maximum Gasteiger partial charge on any atom is 0.194 e. The molecule has 0 bridgehead atoms. The lowest BCUT2D eigenvalue weighted by molar-refractivity contribution is 0.448. The van der Waals surface area contributed by atoms with Gasteiger partial charge in [-0.15, -0.1) is 0 Å². The van der Waals surface area contributed by atoms with Crippen LogP contribution < -0.4 is 16.6 Å². The molecular weight excluding hydrogens is 283 g/mol. The molecule has 0 spiro atoms. The normalized spacial score (nSPS) is 10.5. The third-order valence-electron chi connectivity index (χ3n) is 2.31. The van der Waals surface area contributed by atoms with E-state index in [0.29, 0.717) is 18.2 Å². The number of nitrogen functional groups attached to an aromatic ring is 1. The molecule has 0 atom stereocenters. The highest BCUT2D eigenvalue weighted by molar-refractivity contribution is 5.59. The standard InChI is InChI=1S/C11H7F5N4/c12-5-1-4(2-6(13)9(5)16)18-10-7(14)3-8(15)11(19-10)20-17/h1-3H,17H2,(H2,18,19,20). The van der Waals surface area contributed by atoms with E-state index >= 15 is 0 Å². The SMILES string of the molecule is NNc1nc(Nc2cc(F)c(F)c(F)c2)c(F)cc1F. The van der Waals surface area contributed by atoms with Crippen molar-refractivity contribution in [3.63, 3.8) is 0 Å². The molecule has 2 aromatic rings. The van der Waals surface area contributed by atoms with E-state index in [1.807, 2.05) is 5.43 Å². The number of rotatable bonds is 3. The van der Waals surface area contributed by atoms with Gasteiger partial charge < -0.3 is 10.7 Å². The second-order valence-corrected chi connectivity index (χ2v) is 3.67. The minimum atomic E-state index is -1.66. The lowest BCUT2D eigenvalue weighted by Gasteiger charge is -2.10. The van der Waals surface area contributed by atoms with E-state index in [9.17, 15) is 22.0 Å². The maximum absolute atomic E-state index is 13.4. The first-order chi connectivity index (χ1) is 9.42. The molecule has 0 aliphatic heterocycles. The number of pyridine rings is 1. The zero-order chi connectivity index (χ0) is 14.9. The van der Waals surface area contributed by atoms with Crippen molar-refractivity contribution in [3.8, 4) is 0 Å². The molecule has 4 nitrogen and oxygen atoms in total. The summed E-state index contributed by atoms with van der Waals surface area (Å²) in [7, 11) is 0. The molecule has 0 saturated carbocycles. The molecule has 0 radical (unpaired) electrons. The Morgan fingerprint density at radius 3 is 1.90 bits per heavy atom. The van der Waals surface area contributed by atoms with Gasteiger partial charge in [0.2, 0.25) is 0 Å². The van der Waals surface area contributed by atoms with Crippen molar-refractivity contribution < 1.29 is 22.0 Å². The molecule has 1 aromatic heterocycles. The molecule has 4 N–H and O–H groups in total. The van der Waals surface area contributed by atoms with Crippen LogP contribution in [0.5, 0.6) is 0 Å². The third-order valence-corrected chi connectivity index (χ3v) is 2.31. The van der Waals surface area contributed by atoms with E-state index in [0.717, 1.165) is 0 Å². The highest BCUT2D eigenvalue weighted by Crippen LogP contribution is 2.24. The van der Waals surface area contributed by atoms with Crippen molar-refractivity contribution in [2.24, 2.45) is 5.84 Å². The fourth-order valence-corrected chi connectivity index (χ4v) is 1.42. The summed E-state index contributed by atoms with van der Waals surface area (Å²) < 4.78 is 65.3. The molecular formula is C11H7F5N4. The summed E-state index contributed by atoms with van der Waals surface area (Å²) in [4.78, 5) is 3.43. The first kappa shape index (κ1) is 14.0. The van der Waals surface area contributed by atoms with Crippen molar-refractivity contribution in [1.29, 1.82) is 0 Å². The molecule has 106 valence electrons. The van der Waals surface area contributed by atoms with Crippen LogP contribution in [-0.2, 0) is 0 Å². The van der Waals surface area contributed by atoms with Gasteiger partial charge in [0.15, 0.2) is 40.7 Å². The minimum Gasteiger partial charge on any atom is -0.338 e. The van der Waals surface area contributed by atoms with Crippen LogP contribution in [0.25, 0.3) is 0 Å². The zero-order valence-corrected chi connectivity index (χ0v) is 9.65. The van der Waals surface area contributed by atoms with Gasteiger partial charge in [-0.05, 0) is 0 Å². The molecule has 1 heterocycles. The Morgan fingerprint density at radius 2 is 1.35 bits per heavy atom. The Bertz CT molecular complexity index is 638. The predicted octanol–water partition coefficient (Wildman–Crippen LogP) is 2.81. The molecule has 20 heavy (non-hydrogen) atoms. The topological polar surface area (TPSA) is 63.0 Å². The van der Waals surface area contributed by atoms with E-state index < -0.39 is 40.7 Å². The number of nitrogens with one attached hydrogen (secondary N) is 2. The molecule has 2 rings (SSSR count). The highest BCUT2D eigenvalue weighted by atomic mass is 19.2. The van der Waals surface area contributed by atoms with Gasteiger partial charge in [-0.25, -0.2) is 32.8 Å². The molecule has 1 aromatic carbocycles. The fraction of sp³-hybridized carbons (Fsp3) is 0. The average Bonchev–Trinajstić information content (AvgIpc) is 2.39. The van der Waals surface area contributed by atoms with Crippen molar-refractivity contribution in [3.05, 3.63) is 47.3 Å². The van der Waals surface area contributed by atoms with Crippen molar-refractivity contribution in [2.75, 3.05) is 10.7 Å². The van der Waals surface area contributed by atoms with Crippen molar-refractivity contribution in [1.82, 2.24) is 4.98 Å². The lowest BCUT2D eigenvalue weighted by atomic mass is 10.2. The minimum absolute atomic E-state index is 0.303. The molecule has 0 aliphatic rings. The van der Waals surface area contributed by atoms with Gasteiger partial charge in [-0.1, -0.05) is 0 Å². The average molecular weight is 290 g/mol. The van der Waals surface area contributed by atoms with E-state index in [1.165, 1.54) is 0 Å². The van der Waals surface area contributed by atoms with Crippen LogP contribution >= 0.6 is 0 Å². The van der Waals surface area contributed by atoms with Crippen LogP contribution in [0.3, 0.4) is 0 Å². The Kier molecular flexibility index (Phi) is 3.70. The highest BCUT2D eigenvalue weighted by Gasteiger charge is 2.14. The second kappa shape index (κ2) is 5.29. The van der Waals surface area contributed by atoms with Crippen LogP contribution in [-0.4, -0.2) is 4.98 Å². The van der Waals surface area contributed by atoms with Crippen LogP contribution in [0, 0.1) is 29.1 Å². The first-order valence-corrected chi connectivity index (χ1v) is 5.16. The van der Waals surface area contributed by atoms with Gasteiger partial charge >= 0.3 is 0 Å². The summed E-state index contributed by atoms with van der Waals surface area (Å²) in [6, 6.07) is 1.66. The second-order valence-electron chi connectivity index (χ2n) is 3.67. The Balaban J connectivity index is 2.39. The Morgan fingerprint density at radius 1 is 0.800 bits per heavy atom. The van der Waals surface area contributed by atoms with Crippen LogP contribution in [0.4, 0.5) is 39.3 Å². The smallest absolute Gasteiger partial charge is 0.194 e. The lowest BCUT2D eigenvalue weighted by Crippen LogP contribution is -2.12. The van der Waals surface area contributed by atoms with E-state index in [4.69, 9.17) is 5.84 Å². The molecule has 0 amide bonds. The monoisotopic (exact) mass is 290 g/mol. The van der Waals surface area contributed by atoms with E-state index in [2.05, 4.69) is 10.3 Å². The van der Waals surface area contributed by atoms with Crippen LogP contribution in [0.1, 0.15) is 0 Å². The van der Waals surface area contributed by atoms with Crippen LogP contribution in [0.2, 0.25) is 0 Å². The molecule has 0 aliphatic carbocycles. The van der Waals surface area contributed by atoms with Gasteiger partial charge in [0.25, 0.3) is 0 Å². The van der Waals surface area contributed by atoms with E-state index in [1.54, 1.807) is 0 Å². The number of hydrogen-bond donors (Lipinski definition) is 3. The number of nitrogens with zero attached hydrogens (tertiary/aromatic N) is 1. The number of anilines is 3. The molecule has 9 heteroatoms. The quantitative estimate of drug-likeness (QED) is 0.352. The number of hydrazine groups is 1.